The molecule has 3 rings (SSSR count). The molecule has 7 nitrogen and oxygen atoms in total. The van der Waals surface area contributed by atoms with E-state index in [0.29, 0.717) is 18.2 Å². The average molecular weight is 420 g/mol. The van der Waals surface area contributed by atoms with Gasteiger partial charge in [-0.05, 0) is 32.1 Å². The van der Waals surface area contributed by atoms with E-state index in [0.717, 1.165) is 38.3 Å². The van der Waals surface area contributed by atoms with Gasteiger partial charge in [-0.15, -0.1) is 34.2 Å². The van der Waals surface area contributed by atoms with E-state index in [9.17, 15) is 0 Å². The molecule has 2 aliphatic heterocycles. The molecule has 0 aromatic carbocycles. The van der Waals surface area contributed by atoms with Gasteiger partial charge in [-0.25, -0.2) is 0 Å². The highest BCUT2D eigenvalue weighted by atomic mass is 127. The molecule has 0 spiro atoms. The van der Waals surface area contributed by atoms with Crippen molar-refractivity contribution in [3.63, 3.8) is 0 Å². The predicted molar refractivity (Wildman–Crippen MR) is 95.5 cm³/mol. The normalized spacial score (nSPS) is 26.8. The minimum Gasteiger partial charge on any atom is -0.373 e. The Morgan fingerprint density at radius 3 is 2.77 bits per heavy atom. The first-order valence-electron chi connectivity index (χ1n) is 7.80. The van der Waals surface area contributed by atoms with Crippen LogP contribution < -0.4 is 10.6 Å². The van der Waals surface area contributed by atoms with Crippen LogP contribution in [0.2, 0.25) is 0 Å². The molecule has 3 unspecified atom stereocenters. The molecule has 2 saturated heterocycles. The Bertz CT molecular complexity index is 466. The van der Waals surface area contributed by atoms with Gasteiger partial charge in [-0.3, -0.25) is 4.99 Å². The van der Waals surface area contributed by atoms with Crippen molar-refractivity contribution < 1.29 is 4.74 Å². The van der Waals surface area contributed by atoms with Gasteiger partial charge in [0.1, 0.15) is 12.7 Å². The maximum absolute atomic E-state index is 5.85. The zero-order chi connectivity index (χ0) is 14.5. The van der Waals surface area contributed by atoms with Crippen molar-refractivity contribution >= 4 is 29.9 Å². The Kier molecular flexibility index (Phi) is 6.87. The Hall–Kier alpha value is -0.900. The molecule has 22 heavy (non-hydrogen) atoms. The Morgan fingerprint density at radius 2 is 2.14 bits per heavy atom. The van der Waals surface area contributed by atoms with Crippen LogP contribution in [0.1, 0.15) is 32.1 Å². The van der Waals surface area contributed by atoms with Gasteiger partial charge >= 0.3 is 0 Å². The molecule has 1 aromatic heterocycles. The summed E-state index contributed by atoms with van der Waals surface area (Å²) >= 11 is 0. The van der Waals surface area contributed by atoms with Crippen LogP contribution in [-0.2, 0) is 11.3 Å². The van der Waals surface area contributed by atoms with Gasteiger partial charge in [0, 0.05) is 20.1 Å². The van der Waals surface area contributed by atoms with Crippen LogP contribution in [0.5, 0.6) is 0 Å². The molecule has 3 atom stereocenters. The number of nitrogens with zero attached hydrogens (tertiary/aromatic N) is 4. The van der Waals surface area contributed by atoms with Crippen molar-refractivity contribution in [1.82, 2.24) is 25.4 Å². The molecule has 2 N–H and O–H groups in total. The number of guanidine groups is 1. The number of rotatable bonds is 6. The lowest BCUT2D eigenvalue weighted by molar-refractivity contribution is 0.0992. The first-order chi connectivity index (χ1) is 10.3. The van der Waals surface area contributed by atoms with E-state index < -0.39 is 0 Å². The summed E-state index contributed by atoms with van der Waals surface area (Å²) in [6.07, 6.45) is 10.0. The third-order valence-electron chi connectivity index (χ3n) is 4.25. The van der Waals surface area contributed by atoms with Gasteiger partial charge in [0.2, 0.25) is 0 Å². The quantitative estimate of drug-likeness (QED) is 0.313. The summed E-state index contributed by atoms with van der Waals surface area (Å²) in [4.78, 5) is 4.30. The molecule has 0 amide bonds. The van der Waals surface area contributed by atoms with E-state index in [1.807, 2.05) is 11.6 Å². The lowest BCUT2D eigenvalue weighted by Crippen LogP contribution is -2.47. The molecular formula is C14H25IN6O. The number of aromatic nitrogens is 3. The first-order valence-corrected chi connectivity index (χ1v) is 7.80. The second-order valence-electron chi connectivity index (χ2n) is 5.77. The summed E-state index contributed by atoms with van der Waals surface area (Å²) in [7, 11) is 1.82. The van der Waals surface area contributed by atoms with E-state index >= 15 is 0 Å². The molecule has 2 bridgehead atoms. The minimum absolute atomic E-state index is 0. The summed E-state index contributed by atoms with van der Waals surface area (Å²) in [6.45, 7) is 1.88. The van der Waals surface area contributed by atoms with Crippen molar-refractivity contribution in [2.75, 3.05) is 13.6 Å². The molecule has 124 valence electrons. The van der Waals surface area contributed by atoms with E-state index in [1.165, 1.54) is 12.8 Å². The number of aryl methyl sites for hydroxylation is 1. The number of hydrogen-bond acceptors (Lipinski definition) is 4. The maximum atomic E-state index is 5.85. The van der Waals surface area contributed by atoms with Crippen LogP contribution in [0.4, 0.5) is 0 Å². The van der Waals surface area contributed by atoms with Gasteiger partial charge in [-0.2, -0.15) is 0 Å². The fourth-order valence-electron chi connectivity index (χ4n) is 3.12. The fourth-order valence-corrected chi connectivity index (χ4v) is 3.12. The molecule has 1 aromatic rings. The summed E-state index contributed by atoms with van der Waals surface area (Å²) in [5.41, 5.74) is 0. The number of halogens is 1. The molecule has 0 saturated carbocycles. The lowest BCUT2D eigenvalue weighted by atomic mass is 9.96. The van der Waals surface area contributed by atoms with Gasteiger partial charge in [0.25, 0.3) is 0 Å². The highest BCUT2D eigenvalue weighted by molar-refractivity contribution is 14.0. The van der Waals surface area contributed by atoms with E-state index in [2.05, 4.69) is 25.8 Å². The van der Waals surface area contributed by atoms with Gasteiger partial charge < -0.3 is 19.9 Å². The molecule has 2 fully saturated rings. The topological polar surface area (TPSA) is 76.4 Å². The number of hydrogen-bond donors (Lipinski definition) is 2. The summed E-state index contributed by atoms with van der Waals surface area (Å²) in [6, 6.07) is 0.423. The average Bonchev–Trinajstić information content (AvgIpc) is 3.23. The van der Waals surface area contributed by atoms with Crippen LogP contribution in [-0.4, -0.2) is 52.6 Å². The molecular weight excluding hydrogens is 395 g/mol. The Balaban J connectivity index is 0.00000176. The second-order valence-corrected chi connectivity index (χ2v) is 5.77. The second kappa shape index (κ2) is 8.66. The standard InChI is InChI=1S/C14H24N6O.HI/c1-15-14(19-12-8-11-4-5-13(12)21-11)16-6-2-3-7-20-9-17-18-10-20;/h9-13H,2-8H2,1H3,(H2,15,16,19);1H. The van der Waals surface area contributed by atoms with Crippen LogP contribution in [0.25, 0.3) is 0 Å². The summed E-state index contributed by atoms with van der Waals surface area (Å²) in [5.74, 6) is 0.889. The SMILES string of the molecule is CN=C(NCCCCn1cnnc1)NC1CC2CCC1O2.I. The number of aliphatic imine (C=N–C) groups is 1. The number of fused-ring (bicyclic) bond motifs is 2. The van der Waals surface area contributed by atoms with E-state index in [1.54, 1.807) is 12.7 Å². The zero-order valence-corrected chi connectivity index (χ0v) is 15.3. The monoisotopic (exact) mass is 420 g/mol. The van der Waals surface area contributed by atoms with Gasteiger partial charge in [0.15, 0.2) is 5.96 Å². The highest BCUT2D eigenvalue weighted by Gasteiger charge is 2.40. The maximum Gasteiger partial charge on any atom is 0.191 e. The van der Waals surface area contributed by atoms with Gasteiger partial charge in [0.05, 0.1) is 18.2 Å². The Morgan fingerprint density at radius 1 is 1.32 bits per heavy atom. The van der Waals surface area contributed by atoms with Crippen LogP contribution >= 0.6 is 24.0 Å². The van der Waals surface area contributed by atoms with Crippen molar-refractivity contribution in [2.45, 2.75) is 56.9 Å². The fraction of sp³-hybridized carbons (Fsp3) is 0.786. The highest BCUT2D eigenvalue weighted by Crippen LogP contribution is 2.34. The van der Waals surface area contributed by atoms with Crippen molar-refractivity contribution in [3.8, 4) is 0 Å². The third-order valence-corrected chi connectivity index (χ3v) is 4.25. The van der Waals surface area contributed by atoms with E-state index in [-0.39, 0.29) is 24.0 Å². The van der Waals surface area contributed by atoms with Crippen molar-refractivity contribution in [1.29, 1.82) is 0 Å². The zero-order valence-electron chi connectivity index (χ0n) is 12.9. The third kappa shape index (κ3) is 4.55. The van der Waals surface area contributed by atoms with Crippen LogP contribution in [0.15, 0.2) is 17.6 Å². The number of ether oxygens (including phenoxy) is 1. The largest absolute Gasteiger partial charge is 0.373 e. The van der Waals surface area contributed by atoms with Crippen molar-refractivity contribution in [3.05, 3.63) is 12.7 Å². The molecule has 2 aliphatic rings. The smallest absolute Gasteiger partial charge is 0.191 e. The van der Waals surface area contributed by atoms with Gasteiger partial charge in [-0.1, -0.05) is 0 Å². The van der Waals surface area contributed by atoms with Crippen molar-refractivity contribution in [2.24, 2.45) is 4.99 Å². The molecule has 3 heterocycles. The number of nitrogens with one attached hydrogen (secondary N) is 2. The van der Waals surface area contributed by atoms with Crippen LogP contribution in [0.3, 0.4) is 0 Å². The first kappa shape index (κ1) is 17.5. The Labute approximate surface area is 148 Å². The summed E-state index contributed by atoms with van der Waals surface area (Å²) < 4.78 is 7.85. The number of unbranched alkanes of at least 4 members (excludes halogenated alkanes) is 1. The predicted octanol–water partition coefficient (Wildman–Crippen LogP) is 1.16. The molecule has 0 aliphatic carbocycles. The minimum atomic E-state index is 0. The lowest BCUT2D eigenvalue weighted by Gasteiger charge is -2.22. The van der Waals surface area contributed by atoms with Crippen LogP contribution in [0, 0.1) is 0 Å². The molecule has 8 heteroatoms. The summed E-state index contributed by atoms with van der Waals surface area (Å²) in [5, 5.41) is 14.5. The molecule has 0 radical (unpaired) electrons. The van der Waals surface area contributed by atoms with E-state index in [4.69, 9.17) is 4.74 Å².